The number of nitrogens with one attached hydrogen (secondary N) is 1. The highest BCUT2D eigenvalue weighted by Crippen LogP contribution is 2.23. The molecule has 8 heteroatoms. The molecule has 0 unspecified atom stereocenters. The van der Waals surface area contributed by atoms with Crippen molar-refractivity contribution in [2.75, 3.05) is 6.54 Å². The Morgan fingerprint density at radius 1 is 0.846 bits per heavy atom. The van der Waals surface area contributed by atoms with Gasteiger partial charge in [-0.3, -0.25) is 24.1 Å². The Balaban J connectivity index is 1.54. The molecule has 3 aromatic carbocycles. The van der Waals surface area contributed by atoms with E-state index in [2.05, 4.69) is 5.32 Å². The van der Waals surface area contributed by atoms with Gasteiger partial charge in [-0.15, -0.1) is 0 Å². The number of carbonyl (C=O) groups excluding carboxylic acids is 4. The highest BCUT2D eigenvalue weighted by Gasteiger charge is 2.35. The van der Waals surface area contributed by atoms with Gasteiger partial charge in [0.25, 0.3) is 11.8 Å². The summed E-state index contributed by atoms with van der Waals surface area (Å²) in [6, 6.07) is 22.6. The van der Waals surface area contributed by atoms with Crippen LogP contribution in [-0.2, 0) is 22.6 Å². The number of halogens is 1. The van der Waals surface area contributed by atoms with Crippen LogP contribution in [0.3, 0.4) is 0 Å². The van der Waals surface area contributed by atoms with Crippen LogP contribution in [0.4, 0.5) is 0 Å². The Labute approximate surface area is 233 Å². The van der Waals surface area contributed by atoms with Gasteiger partial charge in [-0.2, -0.15) is 0 Å². The first-order valence-electron chi connectivity index (χ1n) is 13.1. The molecule has 1 atom stereocenters. The smallest absolute Gasteiger partial charge is 0.261 e. The minimum atomic E-state index is -0.753. The normalized spacial score (nSPS) is 13.4. The van der Waals surface area contributed by atoms with Crippen molar-refractivity contribution in [3.05, 3.63) is 106 Å². The first-order chi connectivity index (χ1) is 18.7. The lowest BCUT2D eigenvalue weighted by Crippen LogP contribution is -2.51. The van der Waals surface area contributed by atoms with Crippen molar-refractivity contribution in [3.8, 4) is 0 Å². The van der Waals surface area contributed by atoms with Crippen molar-refractivity contribution in [1.29, 1.82) is 0 Å². The molecule has 0 saturated heterocycles. The summed E-state index contributed by atoms with van der Waals surface area (Å²) in [5.74, 6) is -1.17. The number of hydrogen-bond acceptors (Lipinski definition) is 4. The third kappa shape index (κ3) is 6.92. The Kier molecular flexibility index (Phi) is 9.15. The summed E-state index contributed by atoms with van der Waals surface area (Å²) < 4.78 is 0. The van der Waals surface area contributed by atoms with Crippen LogP contribution in [-0.4, -0.2) is 52.1 Å². The van der Waals surface area contributed by atoms with Crippen molar-refractivity contribution in [2.24, 2.45) is 0 Å². The highest BCUT2D eigenvalue weighted by molar-refractivity contribution is 6.30. The molecule has 4 amide bonds. The lowest BCUT2D eigenvalue weighted by molar-refractivity contribution is -0.141. The van der Waals surface area contributed by atoms with E-state index in [4.69, 9.17) is 11.6 Å². The number of hydrogen-bond donors (Lipinski definition) is 1. The van der Waals surface area contributed by atoms with Crippen LogP contribution >= 0.6 is 11.6 Å². The summed E-state index contributed by atoms with van der Waals surface area (Å²) in [5.41, 5.74) is 2.53. The number of rotatable bonds is 11. The Morgan fingerprint density at radius 3 is 2.03 bits per heavy atom. The molecule has 0 aliphatic carbocycles. The first-order valence-corrected chi connectivity index (χ1v) is 13.5. The van der Waals surface area contributed by atoms with Gasteiger partial charge in [0, 0.05) is 37.0 Å². The van der Waals surface area contributed by atoms with Crippen molar-refractivity contribution in [2.45, 2.75) is 51.7 Å². The monoisotopic (exact) mass is 545 g/mol. The number of nitrogens with zero attached hydrogens (tertiary/aromatic N) is 2. The molecule has 0 fully saturated rings. The maximum atomic E-state index is 13.7. The second-order valence-electron chi connectivity index (χ2n) is 9.93. The largest absolute Gasteiger partial charge is 0.352 e. The third-order valence-electron chi connectivity index (χ3n) is 6.62. The fraction of sp³-hybridized carbons (Fsp3) is 0.290. The first kappa shape index (κ1) is 28.0. The van der Waals surface area contributed by atoms with Gasteiger partial charge in [0.2, 0.25) is 11.8 Å². The Hall–Kier alpha value is -3.97. The predicted octanol–water partition coefficient (Wildman–Crippen LogP) is 4.88. The molecule has 0 radical (unpaired) electrons. The summed E-state index contributed by atoms with van der Waals surface area (Å²) in [6.45, 7) is 4.09. The fourth-order valence-corrected chi connectivity index (χ4v) is 4.82. The summed E-state index contributed by atoms with van der Waals surface area (Å²) in [7, 11) is 0. The molecule has 0 bridgehead atoms. The van der Waals surface area contributed by atoms with Crippen molar-refractivity contribution >= 4 is 35.2 Å². The molecule has 1 aliphatic rings. The van der Waals surface area contributed by atoms with Gasteiger partial charge in [0.15, 0.2) is 0 Å². The van der Waals surface area contributed by atoms with Gasteiger partial charge in [0.1, 0.15) is 6.04 Å². The average molecular weight is 546 g/mol. The van der Waals surface area contributed by atoms with Crippen LogP contribution < -0.4 is 5.32 Å². The number of imide groups is 1. The molecule has 202 valence electrons. The third-order valence-corrected chi connectivity index (χ3v) is 6.87. The van der Waals surface area contributed by atoms with E-state index < -0.39 is 6.04 Å². The number of benzene rings is 3. The standard InChI is InChI=1S/C31H32ClN3O4/c1-21(2)33-29(37)27(19-22-9-4-3-5-10-22)35(20-23-14-16-24(32)17-15-23)28(36)13-8-18-34-30(38)25-11-6-7-12-26(25)31(34)39/h3-7,9-12,14-17,21,27H,8,13,18-20H2,1-2H3,(H,33,37)/t27-/m0/s1. The summed E-state index contributed by atoms with van der Waals surface area (Å²) in [6.07, 6.45) is 0.698. The van der Waals surface area contributed by atoms with Gasteiger partial charge in [-0.1, -0.05) is 66.2 Å². The van der Waals surface area contributed by atoms with Crippen LogP contribution in [0, 0.1) is 0 Å². The van der Waals surface area contributed by atoms with E-state index in [1.165, 1.54) is 4.90 Å². The summed E-state index contributed by atoms with van der Waals surface area (Å²) >= 11 is 6.07. The van der Waals surface area contributed by atoms with E-state index in [1.54, 1.807) is 41.3 Å². The Bertz CT molecular complexity index is 1310. The van der Waals surface area contributed by atoms with Gasteiger partial charge in [-0.25, -0.2) is 0 Å². The molecule has 39 heavy (non-hydrogen) atoms. The summed E-state index contributed by atoms with van der Waals surface area (Å²) in [4.78, 5) is 55.4. The van der Waals surface area contributed by atoms with Crippen LogP contribution in [0.1, 0.15) is 58.5 Å². The zero-order chi connectivity index (χ0) is 27.9. The zero-order valence-electron chi connectivity index (χ0n) is 22.1. The average Bonchev–Trinajstić information content (AvgIpc) is 3.16. The zero-order valence-corrected chi connectivity index (χ0v) is 22.9. The van der Waals surface area contributed by atoms with E-state index in [0.29, 0.717) is 22.6 Å². The molecule has 4 rings (SSSR count). The van der Waals surface area contributed by atoms with E-state index in [9.17, 15) is 19.2 Å². The van der Waals surface area contributed by atoms with E-state index in [-0.39, 0.29) is 55.6 Å². The van der Waals surface area contributed by atoms with E-state index in [1.807, 2.05) is 56.3 Å². The Morgan fingerprint density at radius 2 is 1.44 bits per heavy atom. The van der Waals surface area contributed by atoms with Gasteiger partial charge in [-0.05, 0) is 55.7 Å². The molecule has 1 heterocycles. The topological polar surface area (TPSA) is 86.8 Å². The van der Waals surface area contributed by atoms with Crippen molar-refractivity contribution in [1.82, 2.24) is 15.1 Å². The molecule has 1 N–H and O–H groups in total. The second kappa shape index (κ2) is 12.7. The number of carbonyl (C=O) groups is 4. The lowest BCUT2D eigenvalue weighted by atomic mass is 10.0. The molecular weight excluding hydrogens is 514 g/mol. The molecule has 0 aromatic heterocycles. The minimum Gasteiger partial charge on any atom is -0.352 e. The van der Waals surface area contributed by atoms with E-state index >= 15 is 0 Å². The molecular formula is C31H32ClN3O4. The summed E-state index contributed by atoms with van der Waals surface area (Å²) in [5, 5.41) is 3.54. The molecule has 1 aliphatic heterocycles. The molecule has 0 saturated carbocycles. The van der Waals surface area contributed by atoms with Crippen molar-refractivity contribution in [3.63, 3.8) is 0 Å². The van der Waals surface area contributed by atoms with E-state index in [0.717, 1.165) is 11.1 Å². The number of amides is 4. The van der Waals surface area contributed by atoms with Crippen LogP contribution in [0.15, 0.2) is 78.9 Å². The molecule has 3 aromatic rings. The van der Waals surface area contributed by atoms with Gasteiger partial charge >= 0.3 is 0 Å². The lowest BCUT2D eigenvalue weighted by Gasteiger charge is -2.32. The maximum Gasteiger partial charge on any atom is 0.261 e. The fourth-order valence-electron chi connectivity index (χ4n) is 4.70. The SMILES string of the molecule is CC(C)NC(=O)[C@H](Cc1ccccc1)N(Cc1ccc(Cl)cc1)C(=O)CCCN1C(=O)c2ccccc2C1=O. The van der Waals surface area contributed by atoms with Crippen molar-refractivity contribution < 1.29 is 19.2 Å². The minimum absolute atomic E-state index is 0.0707. The molecule has 0 spiro atoms. The quantitative estimate of drug-likeness (QED) is 0.348. The van der Waals surface area contributed by atoms with Crippen LogP contribution in [0.2, 0.25) is 5.02 Å². The highest BCUT2D eigenvalue weighted by atomic mass is 35.5. The van der Waals surface area contributed by atoms with Crippen LogP contribution in [0.5, 0.6) is 0 Å². The van der Waals surface area contributed by atoms with Gasteiger partial charge in [0.05, 0.1) is 11.1 Å². The van der Waals surface area contributed by atoms with Crippen LogP contribution in [0.25, 0.3) is 0 Å². The second-order valence-corrected chi connectivity index (χ2v) is 10.4. The maximum absolute atomic E-state index is 13.7. The number of fused-ring (bicyclic) bond motifs is 1. The molecule has 7 nitrogen and oxygen atoms in total. The van der Waals surface area contributed by atoms with Gasteiger partial charge < -0.3 is 10.2 Å². The predicted molar refractivity (Wildman–Crippen MR) is 150 cm³/mol.